The third kappa shape index (κ3) is 4.98. The number of carbonyl (C=O) groups is 3. The van der Waals surface area contributed by atoms with Crippen LogP contribution in [0.3, 0.4) is 0 Å². The minimum atomic E-state index is -0.900. The summed E-state index contributed by atoms with van der Waals surface area (Å²) in [6.45, 7) is 1.96. The van der Waals surface area contributed by atoms with Gasteiger partial charge in [-0.3, -0.25) is 14.4 Å². The van der Waals surface area contributed by atoms with Crippen LogP contribution in [0.2, 0.25) is 5.02 Å². The van der Waals surface area contributed by atoms with E-state index in [2.05, 4.69) is 10.6 Å². The molecule has 2 aliphatic rings. The van der Waals surface area contributed by atoms with Crippen LogP contribution < -0.4 is 15.4 Å². The molecular formula is C25H28ClN3O4. The van der Waals surface area contributed by atoms with Crippen LogP contribution in [0.1, 0.15) is 48.0 Å². The standard InChI is InChI=1S/C25H28ClN3O4/c1-15-7-9-16(10-8-15)25(32)29-20-6-4-3-5-18(20)28-24(31)21(29)14-23(30)27-19-13-17(26)11-12-22(19)33-2/h7-13,18,20-21H,3-6,14H2,1-2H3,(H,27,30)(H,28,31)/t18-,20-,21-/m1/s1. The van der Waals surface area contributed by atoms with E-state index >= 15 is 0 Å². The Kier molecular flexibility index (Phi) is 6.88. The fourth-order valence-corrected chi connectivity index (χ4v) is 4.90. The van der Waals surface area contributed by atoms with Gasteiger partial charge in [-0.2, -0.15) is 0 Å². The van der Waals surface area contributed by atoms with Gasteiger partial charge in [0.15, 0.2) is 0 Å². The molecule has 1 heterocycles. The molecule has 174 valence electrons. The van der Waals surface area contributed by atoms with Gasteiger partial charge in [-0.05, 0) is 50.1 Å². The first-order chi connectivity index (χ1) is 15.9. The van der Waals surface area contributed by atoms with Crippen molar-refractivity contribution in [1.82, 2.24) is 10.2 Å². The molecule has 1 saturated heterocycles. The van der Waals surface area contributed by atoms with Gasteiger partial charge in [-0.15, -0.1) is 0 Å². The molecule has 7 nitrogen and oxygen atoms in total. The van der Waals surface area contributed by atoms with Crippen molar-refractivity contribution >= 4 is 35.0 Å². The molecule has 3 atom stereocenters. The highest BCUT2D eigenvalue weighted by molar-refractivity contribution is 6.31. The van der Waals surface area contributed by atoms with Gasteiger partial charge in [-0.25, -0.2) is 0 Å². The lowest BCUT2D eigenvalue weighted by molar-refractivity contribution is -0.135. The van der Waals surface area contributed by atoms with Gasteiger partial charge in [0.2, 0.25) is 11.8 Å². The van der Waals surface area contributed by atoms with E-state index in [-0.39, 0.29) is 30.3 Å². The number of ether oxygens (including phenoxy) is 1. The lowest BCUT2D eigenvalue weighted by Gasteiger charge is -2.48. The van der Waals surface area contributed by atoms with E-state index < -0.39 is 11.9 Å². The van der Waals surface area contributed by atoms with Gasteiger partial charge in [0.05, 0.1) is 25.3 Å². The van der Waals surface area contributed by atoms with Crippen molar-refractivity contribution in [3.63, 3.8) is 0 Å². The average molecular weight is 470 g/mol. The first-order valence-corrected chi connectivity index (χ1v) is 11.6. The molecule has 0 aromatic heterocycles. The second kappa shape index (κ2) is 9.83. The number of nitrogens with one attached hydrogen (secondary N) is 2. The normalized spacial score (nSPS) is 22.2. The highest BCUT2D eigenvalue weighted by atomic mass is 35.5. The van der Waals surface area contributed by atoms with E-state index in [1.165, 1.54) is 7.11 Å². The van der Waals surface area contributed by atoms with Crippen LogP contribution in [0.25, 0.3) is 0 Å². The topological polar surface area (TPSA) is 87.7 Å². The third-order valence-corrected chi connectivity index (χ3v) is 6.64. The second-order valence-electron chi connectivity index (χ2n) is 8.66. The van der Waals surface area contributed by atoms with Gasteiger partial charge >= 0.3 is 0 Å². The van der Waals surface area contributed by atoms with E-state index in [1.807, 2.05) is 19.1 Å². The number of carbonyl (C=O) groups excluding carboxylic acids is 3. The molecule has 0 spiro atoms. The summed E-state index contributed by atoms with van der Waals surface area (Å²) in [7, 11) is 1.50. The minimum absolute atomic E-state index is 0.0898. The molecule has 2 aromatic carbocycles. The Labute approximate surface area is 198 Å². The van der Waals surface area contributed by atoms with E-state index in [0.717, 1.165) is 31.2 Å². The third-order valence-electron chi connectivity index (χ3n) is 6.40. The highest BCUT2D eigenvalue weighted by Gasteiger charge is 2.46. The van der Waals surface area contributed by atoms with Crippen molar-refractivity contribution in [2.75, 3.05) is 12.4 Å². The fourth-order valence-electron chi connectivity index (χ4n) is 4.73. The largest absolute Gasteiger partial charge is 0.495 e. The van der Waals surface area contributed by atoms with Crippen LogP contribution in [-0.2, 0) is 9.59 Å². The van der Waals surface area contributed by atoms with Gasteiger partial charge < -0.3 is 20.3 Å². The zero-order valence-corrected chi connectivity index (χ0v) is 19.5. The summed E-state index contributed by atoms with van der Waals surface area (Å²) in [5.41, 5.74) is 1.98. The summed E-state index contributed by atoms with van der Waals surface area (Å²) in [5, 5.41) is 6.29. The predicted molar refractivity (Wildman–Crippen MR) is 127 cm³/mol. The van der Waals surface area contributed by atoms with E-state index in [1.54, 1.807) is 35.2 Å². The smallest absolute Gasteiger partial charge is 0.254 e. The summed E-state index contributed by atoms with van der Waals surface area (Å²) in [6, 6.07) is 11.1. The number of benzene rings is 2. The predicted octanol–water partition coefficient (Wildman–Crippen LogP) is 3.94. The van der Waals surface area contributed by atoms with Gasteiger partial charge in [-0.1, -0.05) is 42.1 Å². The number of aryl methyl sites for hydroxylation is 1. The number of anilines is 1. The average Bonchev–Trinajstić information content (AvgIpc) is 2.80. The number of halogens is 1. The molecular weight excluding hydrogens is 442 g/mol. The van der Waals surface area contributed by atoms with E-state index in [9.17, 15) is 14.4 Å². The Bertz CT molecular complexity index is 1060. The molecule has 3 amide bonds. The van der Waals surface area contributed by atoms with Gasteiger partial charge in [0, 0.05) is 16.6 Å². The molecule has 4 rings (SSSR count). The molecule has 2 fully saturated rings. The molecule has 1 aliphatic carbocycles. The van der Waals surface area contributed by atoms with Crippen LogP contribution >= 0.6 is 11.6 Å². The summed E-state index contributed by atoms with van der Waals surface area (Å²) in [5.74, 6) is -0.459. The fraction of sp³-hybridized carbons (Fsp3) is 0.400. The maximum absolute atomic E-state index is 13.6. The number of nitrogens with zero attached hydrogens (tertiary/aromatic N) is 1. The molecule has 0 bridgehead atoms. The van der Waals surface area contributed by atoms with Crippen LogP contribution in [0.5, 0.6) is 5.75 Å². The summed E-state index contributed by atoms with van der Waals surface area (Å²) in [6.07, 6.45) is 3.44. The molecule has 33 heavy (non-hydrogen) atoms. The van der Waals surface area contributed by atoms with E-state index in [4.69, 9.17) is 16.3 Å². The first kappa shape index (κ1) is 23.1. The number of fused-ring (bicyclic) bond motifs is 1. The maximum atomic E-state index is 13.6. The van der Waals surface area contributed by atoms with Gasteiger partial charge in [0.25, 0.3) is 5.91 Å². The summed E-state index contributed by atoms with van der Waals surface area (Å²) >= 11 is 6.07. The monoisotopic (exact) mass is 469 g/mol. The van der Waals surface area contributed by atoms with Crippen molar-refractivity contribution in [2.24, 2.45) is 0 Å². The molecule has 1 aliphatic heterocycles. The van der Waals surface area contributed by atoms with E-state index in [0.29, 0.717) is 22.0 Å². The molecule has 8 heteroatoms. The Balaban J connectivity index is 1.60. The van der Waals surface area contributed by atoms with Crippen LogP contribution in [0.15, 0.2) is 42.5 Å². The van der Waals surface area contributed by atoms with Gasteiger partial charge in [0.1, 0.15) is 11.8 Å². The summed E-state index contributed by atoms with van der Waals surface area (Å²) in [4.78, 5) is 41.3. The number of hydrogen-bond donors (Lipinski definition) is 2. The second-order valence-corrected chi connectivity index (χ2v) is 9.09. The molecule has 1 saturated carbocycles. The van der Waals surface area contributed by atoms with Crippen LogP contribution in [-0.4, -0.2) is 47.9 Å². The zero-order valence-electron chi connectivity index (χ0n) is 18.8. The Morgan fingerprint density at radius 3 is 2.61 bits per heavy atom. The first-order valence-electron chi connectivity index (χ1n) is 11.2. The summed E-state index contributed by atoms with van der Waals surface area (Å²) < 4.78 is 5.29. The van der Waals surface area contributed by atoms with Crippen LogP contribution in [0, 0.1) is 6.92 Å². The minimum Gasteiger partial charge on any atom is -0.495 e. The highest BCUT2D eigenvalue weighted by Crippen LogP contribution is 2.32. The molecule has 2 N–H and O–H groups in total. The number of methoxy groups -OCH3 is 1. The Hall–Kier alpha value is -3.06. The zero-order chi connectivity index (χ0) is 23.5. The molecule has 0 radical (unpaired) electrons. The Morgan fingerprint density at radius 1 is 1.15 bits per heavy atom. The lowest BCUT2D eigenvalue weighted by atomic mass is 9.84. The molecule has 0 unspecified atom stereocenters. The van der Waals surface area contributed by atoms with Crippen LogP contribution in [0.4, 0.5) is 5.69 Å². The quantitative estimate of drug-likeness (QED) is 0.694. The maximum Gasteiger partial charge on any atom is 0.254 e. The Morgan fingerprint density at radius 2 is 1.88 bits per heavy atom. The number of hydrogen-bond acceptors (Lipinski definition) is 4. The number of amides is 3. The van der Waals surface area contributed by atoms with Crippen molar-refractivity contribution in [3.8, 4) is 5.75 Å². The lowest BCUT2D eigenvalue weighted by Crippen LogP contribution is -2.68. The molecule has 2 aromatic rings. The number of rotatable bonds is 5. The van der Waals surface area contributed by atoms with Crippen molar-refractivity contribution in [2.45, 2.75) is 57.2 Å². The van der Waals surface area contributed by atoms with Crippen molar-refractivity contribution < 1.29 is 19.1 Å². The van der Waals surface area contributed by atoms with Crippen molar-refractivity contribution in [1.29, 1.82) is 0 Å². The SMILES string of the molecule is COc1ccc(Cl)cc1NC(=O)C[C@@H]1C(=O)N[C@@H]2CCCC[C@H]2N1C(=O)c1ccc(C)cc1. The van der Waals surface area contributed by atoms with Crippen molar-refractivity contribution in [3.05, 3.63) is 58.6 Å². The number of piperazine rings is 1.